The van der Waals surface area contributed by atoms with Gasteiger partial charge in [0.15, 0.2) is 0 Å². The maximum atomic E-state index is 12.6. The van der Waals surface area contributed by atoms with E-state index in [0.29, 0.717) is 17.7 Å². The van der Waals surface area contributed by atoms with Crippen LogP contribution in [0.1, 0.15) is 31.4 Å². The monoisotopic (exact) mass is 323 g/mol. The van der Waals surface area contributed by atoms with Gasteiger partial charge in [-0.15, -0.1) is 0 Å². The molecule has 5 heteroatoms. The predicted molar refractivity (Wildman–Crippen MR) is 83.9 cm³/mol. The lowest BCUT2D eigenvalue weighted by atomic mass is 9.83. The highest BCUT2D eigenvalue weighted by molar-refractivity contribution is 5.59. The second-order valence-electron chi connectivity index (χ2n) is 6.44. The zero-order chi connectivity index (χ0) is 17.1. The summed E-state index contributed by atoms with van der Waals surface area (Å²) in [7, 11) is 0. The minimum absolute atomic E-state index is 0.0215. The fourth-order valence-corrected chi connectivity index (χ4v) is 2.47. The first-order valence-electron chi connectivity index (χ1n) is 7.45. The van der Waals surface area contributed by atoms with Gasteiger partial charge < -0.3 is 5.11 Å². The fraction of sp³-hybridized carbons (Fsp3) is 0.389. The van der Waals surface area contributed by atoms with Crippen molar-refractivity contribution < 1.29 is 18.3 Å². The zero-order valence-corrected chi connectivity index (χ0v) is 13.2. The van der Waals surface area contributed by atoms with Gasteiger partial charge in [0.2, 0.25) is 0 Å². The van der Waals surface area contributed by atoms with Crippen LogP contribution in [0.2, 0.25) is 0 Å². The second kappa shape index (κ2) is 6.71. The first-order chi connectivity index (χ1) is 10.7. The third-order valence-electron chi connectivity index (χ3n) is 3.80. The molecule has 0 saturated carbocycles. The Kier molecular flexibility index (Phi) is 5.09. The quantitative estimate of drug-likeness (QED) is 0.864. The Labute approximate surface area is 134 Å². The number of alkyl halides is 3. The lowest BCUT2D eigenvalue weighted by Crippen LogP contribution is -2.16. The molecule has 0 unspecified atom stereocenters. The molecule has 0 bridgehead atoms. The molecule has 0 aliphatic heterocycles. The number of hydrogen-bond donors (Lipinski definition) is 1. The van der Waals surface area contributed by atoms with Crippen LogP contribution in [0.15, 0.2) is 42.6 Å². The fourth-order valence-electron chi connectivity index (χ4n) is 2.47. The topological polar surface area (TPSA) is 33.1 Å². The predicted octanol–water partition coefficient (Wildman–Crippen LogP) is 4.72. The normalized spacial score (nSPS) is 12.4. The summed E-state index contributed by atoms with van der Waals surface area (Å²) < 4.78 is 37.7. The number of halogens is 3. The van der Waals surface area contributed by atoms with Gasteiger partial charge in [0.25, 0.3) is 0 Å². The van der Waals surface area contributed by atoms with Crippen molar-refractivity contribution in [1.29, 1.82) is 0 Å². The highest BCUT2D eigenvalue weighted by Crippen LogP contribution is 2.31. The van der Waals surface area contributed by atoms with Crippen molar-refractivity contribution >= 4 is 0 Å². The van der Waals surface area contributed by atoms with E-state index in [1.165, 1.54) is 12.1 Å². The molecule has 1 N–H and O–H groups in total. The van der Waals surface area contributed by atoms with Gasteiger partial charge in [-0.3, -0.25) is 4.98 Å². The SMILES string of the molecule is CC(C)(CCO)Cc1ccc(-c2ccc(C(F)(F)F)cc2)nc1. The van der Waals surface area contributed by atoms with Gasteiger partial charge in [0.05, 0.1) is 11.3 Å². The molecule has 0 saturated heterocycles. The van der Waals surface area contributed by atoms with Crippen molar-refractivity contribution in [3.8, 4) is 11.3 Å². The molecule has 0 spiro atoms. The van der Waals surface area contributed by atoms with Crippen LogP contribution in [-0.4, -0.2) is 16.7 Å². The molecular weight excluding hydrogens is 303 g/mol. The lowest BCUT2D eigenvalue weighted by molar-refractivity contribution is -0.137. The summed E-state index contributed by atoms with van der Waals surface area (Å²) >= 11 is 0. The standard InChI is InChI=1S/C18H20F3NO/c1-17(2,9-10-23)11-13-3-8-16(22-12-13)14-4-6-15(7-5-14)18(19,20)21/h3-8,12,23H,9-11H2,1-2H3. The first kappa shape index (κ1) is 17.5. The van der Waals surface area contributed by atoms with Crippen molar-refractivity contribution in [3.63, 3.8) is 0 Å². The molecule has 2 rings (SSSR count). The van der Waals surface area contributed by atoms with Gasteiger partial charge in [-0.1, -0.05) is 32.0 Å². The summed E-state index contributed by atoms with van der Waals surface area (Å²) in [4.78, 5) is 4.34. The number of pyridine rings is 1. The van der Waals surface area contributed by atoms with E-state index in [2.05, 4.69) is 18.8 Å². The third-order valence-corrected chi connectivity index (χ3v) is 3.80. The summed E-state index contributed by atoms with van der Waals surface area (Å²) in [6, 6.07) is 8.73. The van der Waals surface area contributed by atoms with Crippen LogP contribution >= 0.6 is 0 Å². The van der Waals surface area contributed by atoms with E-state index in [1.54, 1.807) is 6.20 Å². The minimum atomic E-state index is -4.33. The Balaban J connectivity index is 2.13. The molecular formula is C18H20F3NO. The zero-order valence-electron chi connectivity index (χ0n) is 13.2. The maximum absolute atomic E-state index is 12.6. The van der Waals surface area contributed by atoms with Crippen molar-refractivity contribution in [2.45, 2.75) is 32.9 Å². The smallest absolute Gasteiger partial charge is 0.396 e. The van der Waals surface area contributed by atoms with E-state index in [-0.39, 0.29) is 12.0 Å². The lowest BCUT2D eigenvalue weighted by Gasteiger charge is -2.23. The summed E-state index contributed by atoms with van der Waals surface area (Å²) in [5, 5.41) is 9.06. The van der Waals surface area contributed by atoms with Crippen LogP contribution < -0.4 is 0 Å². The molecule has 0 fully saturated rings. The van der Waals surface area contributed by atoms with Gasteiger partial charge in [0, 0.05) is 18.4 Å². The van der Waals surface area contributed by atoms with Gasteiger partial charge >= 0.3 is 6.18 Å². The molecule has 23 heavy (non-hydrogen) atoms. The van der Waals surface area contributed by atoms with E-state index in [1.807, 2.05) is 12.1 Å². The van der Waals surface area contributed by atoms with Crippen LogP contribution in [0.4, 0.5) is 13.2 Å². The minimum Gasteiger partial charge on any atom is -0.396 e. The Morgan fingerprint density at radius 1 is 1.00 bits per heavy atom. The first-order valence-corrected chi connectivity index (χ1v) is 7.45. The van der Waals surface area contributed by atoms with Gasteiger partial charge in [0.1, 0.15) is 0 Å². The van der Waals surface area contributed by atoms with Crippen LogP contribution in [0.25, 0.3) is 11.3 Å². The van der Waals surface area contributed by atoms with Crippen LogP contribution in [0, 0.1) is 5.41 Å². The molecule has 0 aliphatic carbocycles. The van der Waals surface area contributed by atoms with E-state index in [4.69, 9.17) is 5.11 Å². The van der Waals surface area contributed by atoms with Gasteiger partial charge in [-0.05, 0) is 42.0 Å². The Bertz CT molecular complexity index is 631. The highest BCUT2D eigenvalue weighted by atomic mass is 19.4. The van der Waals surface area contributed by atoms with Crippen LogP contribution in [0.5, 0.6) is 0 Å². The molecule has 0 aliphatic rings. The van der Waals surface area contributed by atoms with Crippen molar-refractivity contribution in [1.82, 2.24) is 4.98 Å². The number of aliphatic hydroxyl groups excluding tert-OH is 1. The molecule has 2 aromatic rings. The molecule has 2 nitrogen and oxygen atoms in total. The number of benzene rings is 1. The largest absolute Gasteiger partial charge is 0.416 e. The van der Waals surface area contributed by atoms with Crippen LogP contribution in [-0.2, 0) is 12.6 Å². The number of rotatable bonds is 5. The number of aliphatic hydroxyl groups is 1. The van der Waals surface area contributed by atoms with E-state index >= 15 is 0 Å². The number of aromatic nitrogens is 1. The summed E-state index contributed by atoms with van der Waals surface area (Å²) in [5.41, 5.74) is 1.65. The molecule has 0 atom stereocenters. The second-order valence-corrected chi connectivity index (χ2v) is 6.44. The van der Waals surface area contributed by atoms with Gasteiger partial charge in [-0.25, -0.2) is 0 Å². The Morgan fingerprint density at radius 3 is 2.13 bits per heavy atom. The molecule has 0 radical (unpaired) electrons. The molecule has 1 aromatic heterocycles. The molecule has 124 valence electrons. The van der Waals surface area contributed by atoms with Gasteiger partial charge in [-0.2, -0.15) is 13.2 Å². The number of hydrogen-bond acceptors (Lipinski definition) is 2. The Morgan fingerprint density at radius 2 is 1.65 bits per heavy atom. The average Bonchev–Trinajstić information content (AvgIpc) is 2.47. The summed E-state index contributed by atoms with van der Waals surface area (Å²) in [6.45, 7) is 4.30. The molecule has 0 amide bonds. The highest BCUT2D eigenvalue weighted by Gasteiger charge is 2.30. The van der Waals surface area contributed by atoms with Crippen molar-refractivity contribution in [3.05, 3.63) is 53.7 Å². The van der Waals surface area contributed by atoms with E-state index in [9.17, 15) is 13.2 Å². The van der Waals surface area contributed by atoms with E-state index < -0.39 is 11.7 Å². The summed E-state index contributed by atoms with van der Waals surface area (Å²) in [6.07, 6.45) is -1.10. The average molecular weight is 323 g/mol. The van der Waals surface area contributed by atoms with Crippen molar-refractivity contribution in [2.75, 3.05) is 6.61 Å². The van der Waals surface area contributed by atoms with Crippen molar-refractivity contribution in [2.24, 2.45) is 5.41 Å². The molecule has 1 heterocycles. The number of nitrogens with zero attached hydrogens (tertiary/aromatic N) is 1. The Hall–Kier alpha value is -1.88. The van der Waals surface area contributed by atoms with E-state index in [0.717, 1.165) is 24.1 Å². The maximum Gasteiger partial charge on any atom is 0.416 e. The summed E-state index contributed by atoms with van der Waals surface area (Å²) in [5.74, 6) is 0. The third kappa shape index (κ3) is 4.79. The molecule has 1 aromatic carbocycles. The van der Waals surface area contributed by atoms with Crippen LogP contribution in [0.3, 0.4) is 0 Å².